The second kappa shape index (κ2) is 6.59. The Morgan fingerprint density at radius 3 is 2.32 bits per heavy atom. The number of furan rings is 1. The lowest BCUT2D eigenvalue weighted by atomic mass is 10.1. The van der Waals surface area contributed by atoms with E-state index in [1.54, 1.807) is 23.0 Å². The number of nitrogens with zero attached hydrogens (tertiary/aromatic N) is 4. The SMILES string of the molecule is O=C(c1ccco1)c1nc(-c2ccccc2)nc2c1cnn2-c1ccccc1. The average molecular weight is 366 g/mol. The van der Waals surface area contributed by atoms with Crippen LogP contribution in [0.1, 0.15) is 16.2 Å². The third-order valence-electron chi connectivity index (χ3n) is 4.42. The van der Waals surface area contributed by atoms with Gasteiger partial charge in [0, 0.05) is 5.56 Å². The van der Waals surface area contributed by atoms with Crippen molar-refractivity contribution in [3.63, 3.8) is 0 Å². The van der Waals surface area contributed by atoms with Gasteiger partial charge < -0.3 is 4.42 Å². The van der Waals surface area contributed by atoms with Crippen LogP contribution in [0.4, 0.5) is 0 Å². The summed E-state index contributed by atoms with van der Waals surface area (Å²) >= 11 is 0. The lowest BCUT2D eigenvalue weighted by Gasteiger charge is -2.07. The molecule has 0 bridgehead atoms. The maximum atomic E-state index is 13.0. The van der Waals surface area contributed by atoms with Crippen molar-refractivity contribution in [2.24, 2.45) is 0 Å². The van der Waals surface area contributed by atoms with Gasteiger partial charge >= 0.3 is 0 Å². The molecule has 0 radical (unpaired) electrons. The van der Waals surface area contributed by atoms with Crippen LogP contribution in [0.3, 0.4) is 0 Å². The normalized spacial score (nSPS) is 11.0. The van der Waals surface area contributed by atoms with E-state index in [1.165, 1.54) is 6.26 Å². The van der Waals surface area contributed by atoms with Crippen molar-refractivity contribution < 1.29 is 9.21 Å². The first-order chi connectivity index (χ1) is 13.8. The largest absolute Gasteiger partial charge is 0.461 e. The first-order valence-electron chi connectivity index (χ1n) is 8.76. The van der Waals surface area contributed by atoms with Gasteiger partial charge in [0.25, 0.3) is 0 Å². The Kier molecular flexibility index (Phi) is 3.80. The van der Waals surface area contributed by atoms with E-state index in [1.807, 2.05) is 60.7 Å². The zero-order valence-electron chi connectivity index (χ0n) is 14.7. The van der Waals surface area contributed by atoms with Crippen LogP contribution in [0, 0.1) is 0 Å². The lowest BCUT2D eigenvalue weighted by Crippen LogP contribution is -2.07. The molecule has 3 heterocycles. The first kappa shape index (κ1) is 16.1. The van der Waals surface area contributed by atoms with Crippen molar-refractivity contribution >= 4 is 16.8 Å². The number of benzene rings is 2. The summed E-state index contributed by atoms with van der Waals surface area (Å²) in [5, 5.41) is 5.03. The molecule has 6 nitrogen and oxygen atoms in total. The molecule has 0 aliphatic carbocycles. The fourth-order valence-electron chi connectivity index (χ4n) is 3.08. The second-order valence-electron chi connectivity index (χ2n) is 6.20. The molecule has 2 aromatic carbocycles. The molecule has 5 rings (SSSR count). The molecule has 0 atom stereocenters. The van der Waals surface area contributed by atoms with Crippen LogP contribution in [0.5, 0.6) is 0 Å². The molecule has 0 fully saturated rings. The molecule has 134 valence electrons. The van der Waals surface area contributed by atoms with Crippen LogP contribution in [-0.4, -0.2) is 25.5 Å². The summed E-state index contributed by atoms with van der Waals surface area (Å²) in [6, 6.07) is 22.5. The highest BCUT2D eigenvalue weighted by Crippen LogP contribution is 2.25. The Balaban J connectivity index is 1.79. The molecule has 0 spiro atoms. The van der Waals surface area contributed by atoms with Crippen molar-refractivity contribution in [1.82, 2.24) is 19.7 Å². The van der Waals surface area contributed by atoms with Crippen LogP contribution in [0.2, 0.25) is 0 Å². The van der Waals surface area contributed by atoms with E-state index < -0.39 is 0 Å². The van der Waals surface area contributed by atoms with Gasteiger partial charge in [-0.1, -0.05) is 48.5 Å². The molecule has 0 unspecified atom stereocenters. The van der Waals surface area contributed by atoms with Crippen molar-refractivity contribution in [1.29, 1.82) is 0 Å². The molecule has 28 heavy (non-hydrogen) atoms. The number of rotatable bonds is 4. The highest BCUT2D eigenvalue weighted by atomic mass is 16.3. The maximum absolute atomic E-state index is 13.0. The van der Waals surface area contributed by atoms with Crippen LogP contribution in [0.25, 0.3) is 28.1 Å². The van der Waals surface area contributed by atoms with E-state index in [-0.39, 0.29) is 17.2 Å². The van der Waals surface area contributed by atoms with Gasteiger partial charge in [-0.2, -0.15) is 5.10 Å². The second-order valence-corrected chi connectivity index (χ2v) is 6.20. The highest BCUT2D eigenvalue weighted by Gasteiger charge is 2.22. The smallest absolute Gasteiger partial charge is 0.247 e. The predicted molar refractivity (Wildman–Crippen MR) is 104 cm³/mol. The van der Waals surface area contributed by atoms with Gasteiger partial charge in [0.05, 0.1) is 23.5 Å². The van der Waals surface area contributed by atoms with E-state index in [0.29, 0.717) is 16.9 Å². The van der Waals surface area contributed by atoms with Crippen molar-refractivity contribution in [2.45, 2.75) is 0 Å². The minimum Gasteiger partial charge on any atom is -0.461 e. The Labute approximate surface area is 160 Å². The minimum absolute atomic E-state index is 0.228. The monoisotopic (exact) mass is 366 g/mol. The molecule has 6 heteroatoms. The van der Waals surface area contributed by atoms with Gasteiger partial charge in [-0.15, -0.1) is 0 Å². The number of para-hydroxylation sites is 1. The van der Waals surface area contributed by atoms with Gasteiger partial charge in [0.1, 0.15) is 5.69 Å². The predicted octanol–water partition coefficient (Wildman–Crippen LogP) is 4.31. The van der Waals surface area contributed by atoms with Crippen LogP contribution >= 0.6 is 0 Å². The fraction of sp³-hybridized carbons (Fsp3) is 0. The summed E-state index contributed by atoms with van der Waals surface area (Å²) in [4.78, 5) is 22.3. The number of carbonyl (C=O) groups is 1. The van der Waals surface area contributed by atoms with Gasteiger partial charge in [0.15, 0.2) is 17.2 Å². The minimum atomic E-state index is -0.304. The maximum Gasteiger partial charge on any atom is 0.247 e. The van der Waals surface area contributed by atoms with E-state index in [0.717, 1.165) is 11.3 Å². The molecule has 0 saturated carbocycles. The van der Waals surface area contributed by atoms with Gasteiger partial charge in [0.2, 0.25) is 5.78 Å². The summed E-state index contributed by atoms with van der Waals surface area (Å²) in [6.45, 7) is 0. The Bertz CT molecular complexity index is 1260. The summed E-state index contributed by atoms with van der Waals surface area (Å²) in [7, 11) is 0. The number of hydrogen-bond donors (Lipinski definition) is 0. The number of ketones is 1. The first-order valence-corrected chi connectivity index (χ1v) is 8.76. The summed E-state index contributed by atoms with van der Waals surface area (Å²) < 4.78 is 7.01. The molecular weight excluding hydrogens is 352 g/mol. The summed E-state index contributed by atoms with van der Waals surface area (Å²) in [6.07, 6.45) is 3.09. The molecule has 5 aromatic rings. The van der Waals surface area contributed by atoms with Crippen LogP contribution in [0.15, 0.2) is 89.7 Å². The standard InChI is InChI=1S/C22H14N4O2/c27-20(18-12-7-13-28-18)19-17-14-23-26(16-10-5-2-6-11-16)22(17)25-21(24-19)15-8-3-1-4-9-15/h1-14H. The molecular formula is C22H14N4O2. The number of fused-ring (bicyclic) bond motifs is 1. The fourth-order valence-corrected chi connectivity index (χ4v) is 3.08. The summed E-state index contributed by atoms with van der Waals surface area (Å²) in [5.74, 6) is 0.384. The van der Waals surface area contributed by atoms with Crippen LogP contribution in [-0.2, 0) is 0 Å². The Hall–Kier alpha value is -4.06. The molecule has 0 amide bonds. The zero-order chi connectivity index (χ0) is 18.9. The van der Waals surface area contributed by atoms with Gasteiger partial charge in [-0.05, 0) is 24.3 Å². The van der Waals surface area contributed by atoms with Crippen molar-refractivity contribution in [2.75, 3.05) is 0 Å². The number of hydrogen-bond acceptors (Lipinski definition) is 5. The Morgan fingerprint density at radius 2 is 1.61 bits per heavy atom. The Morgan fingerprint density at radius 1 is 0.857 bits per heavy atom. The van der Waals surface area contributed by atoms with Crippen molar-refractivity contribution in [3.8, 4) is 17.1 Å². The molecule has 0 N–H and O–H groups in total. The number of aromatic nitrogens is 4. The quantitative estimate of drug-likeness (QED) is 0.443. The summed E-state index contributed by atoms with van der Waals surface area (Å²) in [5.41, 5.74) is 2.50. The van der Waals surface area contributed by atoms with Gasteiger partial charge in [-0.3, -0.25) is 4.79 Å². The molecule has 3 aromatic heterocycles. The number of carbonyl (C=O) groups excluding carboxylic acids is 1. The van der Waals surface area contributed by atoms with Crippen molar-refractivity contribution in [3.05, 3.63) is 96.7 Å². The molecule has 0 aliphatic heterocycles. The van der Waals surface area contributed by atoms with Crippen LogP contribution < -0.4 is 0 Å². The van der Waals surface area contributed by atoms with E-state index >= 15 is 0 Å². The van der Waals surface area contributed by atoms with E-state index in [2.05, 4.69) is 10.1 Å². The van der Waals surface area contributed by atoms with Gasteiger partial charge in [-0.25, -0.2) is 14.6 Å². The lowest BCUT2D eigenvalue weighted by molar-refractivity contribution is 0.101. The van der Waals surface area contributed by atoms with E-state index in [9.17, 15) is 4.79 Å². The molecule has 0 aliphatic rings. The highest BCUT2D eigenvalue weighted by molar-refractivity contribution is 6.13. The van der Waals surface area contributed by atoms with E-state index in [4.69, 9.17) is 9.40 Å². The molecule has 0 saturated heterocycles. The third kappa shape index (κ3) is 2.68. The topological polar surface area (TPSA) is 73.8 Å². The third-order valence-corrected chi connectivity index (χ3v) is 4.42. The average Bonchev–Trinajstić information content (AvgIpc) is 3.44. The zero-order valence-corrected chi connectivity index (χ0v) is 14.7.